The first-order valence-corrected chi connectivity index (χ1v) is 8.20. The topological polar surface area (TPSA) is 41.6 Å². The zero-order valence-corrected chi connectivity index (χ0v) is 13.3. The Hall–Kier alpha value is -1.53. The summed E-state index contributed by atoms with van der Waals surface area (Å²) in [5.41, 5.74) is 2.68. The molecule has 0 bridgehead atoms. The van der Waals surface area contributed by atoms with Gasteiger partial charge in [0.15, 0.2) is 0 Å². The van der Waals surface area contributed by atoms with E-state index in [9.17, 15) is 0 Å². The summed E-state index contributed by atoms with van der Waals surface area (Å²) in [7, 11) is 0. The highest BCUT2D eigenvalue weighted by molar-refractivity contribution is 6.16. The minimum Gasteiger partial charge on any atom is -0.324 e. The number of alkyl halides is 1. The third kappa shape index (κ3) is 2.32. The third-order valence-electron chi connectivity index (χ3n) is 5.05. The maximum absolute atomic E-state index is 9.14. The summed E-state index contributed by atoms with van der Waals surface area (Å²) >= 11 is 6.13. The van der Waals surface area contributed by atoms with Crippen LogP contribution in [0.4, 0.5) is 0 Å². The van der Waals surface area contributed by atoms with Crippen LogP contribution >= 0.6 is 11.6 Å². The molecular formula is C17H20ClN3. The van der Waals surface area contributed by atoms with Crippen LogP contribution in [0.15, 0.2) is 18.2 Å². The van der Waals surface area contributed by atoms with Crippen LogP contribution in [0.5, 0.6) is 0 Å². The number of nitriles is 1. The molecule has 21 heavy (non-hydrogen) atoms. The van der Waals surface area contributed by atoms with Gasteiger partial charge >= 0.3 is 0 Å². The largest absolute Gasteiger partial charge is 0.324 e. The Kier molecular flexibility index (Phi) is 3.91. The van der Waals surface area contributed by atoms with Gasteiger partial charge in [0.05, 0.1) is 28.5 Å². The van der Waals surface area contributed by atoms with Crippen molar-refractivity contribution in [3.05, 3.63) is 29.6 Å². The molecule has 110 valence electrons. The first-order chi connectivity index (χ1) is 10.2. The first kappa shape index (κ1) is 14.4. The molecule has 1 heterocycles. The van der Waals surface area contributed by atoms with Gasteiger partial charge in [0, 0.05) is 6.04 Å². The maximum Gasteiger partial charge on any atom is 0.125 e. The fraction of sp³-hybridized carbons (Fsp3) is 0.529. The highest BCUT2D eigenvalue weighted by Crippen LogP contribution is 2.43. The van der Waals surface area contributed by atoms with Crippen LogP contribution in [0.3, 0.4) is 0 Å². The molecule has 0 N–H and O–H groups in total. The van der Waals surface area contributed by atoms with E-state index < -0.39 is 0 Å². The van der Waals surface area contributed by atoms with Crippen molar-refractivity contribution in [3.8, 4) is 6.07 Å². The smallest absolute Gasteiger partial charge is 0.125 e. The van der Waals surface area contributed by atoms with E-state index in [1.54, 1.807) is 0 Å². The van der Waals surface area contributed by atoms with E-state index in [2.05, 4.69) is 29.5 Å². The second-order valence-electron chi connectivity index (χ2n) is 6.02. The summed E-state index contributed by atoms with van der Waals surface area (Å²) in [6.07, 6.45) is 3.66. The summed E-state index contributed by atoms with van der Waals surface area (Å²) in [5.74, 6) is 2.74. The number of rotatable bonds is 3. The van der Waals surface area contributed by atoms with Gasteiger partial charge in [-0.1, -0.05) is 20.3 Å². The average Bonchev–Trinajstić information content (AvgIpc) is 3.05. The number of halogens is 1. The van der Waals surface area contributed by atoms with Crippen molar-refractivity contribution in [1.82, 2.24) is 9.55 Å². The molecule has 3 atom stereocenters. The van der Waals surface area contributed by atoms with Gasteiger partial charge in [-0.2, -0.15) is 5.26 Å². The molecule has 0 radical (unpaired) electrons. The van der Waals surface area contributed by atoms with Crippen LogP contribution in [0.25, 0.3) is 11.0 Å². The van der Waals surface area contributed by atoms with E-state index in [-0.39, 0.29) is 0 Å². The van der Waals surface area contributed by atoms with Crippen molar-refractivity contribution in [2.75, 3.05) is 0 Å². The third-order valence-corrected chi connectivity index (χ3v) is 5.29. The summed E-state index contributed by atoms with van der Waals surface area (Å²) in [5, 5.41) is 9.14. The van der Waals surface area contributed by atoms with Crippen LogP contribution in [0.2, 0.25) is 0 Å². The van der Waals surface area contributed by atoms with Crippen LogP contribution in [-0.2, 0) is 5.88 Å². The number of aromatic nitrogens is 2. The lowest BCUT2D eigenvalue weighted by atomic mass is 9.93. The fourth-order valence-corrected chi connectivity index (χ4v) is 4.03. The second-order valence-corrected chi connectivity index (χ2v) is 6.29. The Morgan fingerprint density at radius 3 is 2.86 bits per heavy atom. The predicted molar refractivity (Wildman–Crippen MR) is 85.2 cm³/mol. The predicted octanol–water partition coefficient (Wildman–Crippen LogP) is 4.64. The molecule has 0 aliphatic heterocycles. The van der Waals surface area contributed by atoms with Gasteiger partial charge in [-0.15, -0.1) is 11.6 Å². The molecule has 1 aliphatic carbocycles. The Labute approximate surface area is 130 Å². The highest BCUT2D eigenvalue weighted by Gasteiger charge is 2.34. The second kappa shape index (κ2) is 5.69. The summed E-state index contributed by atoms with van der Waals surface area (Å²) in [6.45, 7) is 4.61. The maximum atomic E-state index is 9.14. The van der Waals surface area contributed by atoms with Gasteiger partial charge in [-0.25, -0.2) is 4.98 Å². The van der Waals surface area contributed by atoms with E-state index >= 15 is 0 Å². The lowest BCUT2D eigenvalue weighted by Crippen LogP contribution is -2.17. The molecule has 3 rings (SSSR count). The molecule has 3 unspecified atom stereocenters. The Balaban J connectivity index is 2.14. The number of benzene rings is 1. The minimum absolute atomic E-state index is 0.413. The van der Waals surface area contributed by atoms with Gasteiger partial charge < -0.3 is 4.57 Å². The summed E-state index contributed by atoms with van der Waals surface area (Å²) < 4.78 is 2.30. The quantitative estimate of drug-likeness (QED) is 0.775. The lowest BCUT2D eigenvalue weighted by molar-refractivity contribution is 0.330. The number of hydrogen-bond donors (Lipinski definition) is 0. The van der Waals surface area contributed by atoms with Crippen LogP contribution in [-0.4, -0.2) is 9.55 Å². The zero-order valence-electron chi connectivity index (χ0n) is 12.5. The van der Waals surface area contributed by atoms with Gasteiger partial charge in [-0.05, 0) is 42.9 Å². The van der Waals surface area contributed by atoms with Crippen LogP contribution in [0, 0.1) is 23.2 Å². The van der Waals surface area contributed by atoms with Crippen molar-refractivity contribution < 1.29 is 0 Å². The highest BCUT2D eigenvalue weighted by atomic mass is 35.5. The molecular weight excluding hydrogens is 282 g/mol. The average molecular weight is 302 g/mol. The van der Waals surface area contributed by atoms with E-state index in [0.29, 0.717) is 23.4 Å². The number of hydrogen-bond acceptors (Lipinski definition) is 2. The normalized spacial score (nSPS) is 25.3. The number of fused-ring (bicyclic) bond motifs is 1. The monoisotopic (exact) mass is 301 g/mol. The molecule has 1 saturated carbocycles. The van der Waals surface area contributed by atoms with Crippen molar-refractivity contribution in [2.24, 2.45) is 11.8 Å². The van der Waals surface area contributed by atoms with Gasteiger partial charge in [0.25, 0.3) is 0 Å². The SMILES string of the molecule is CCC1CCC(n2c(CCl)nc3ccc(C#N)cc32)C1C. The molecule has 0 saturated heterocycles. The fourth-order valence-electron chi connectivity index (χ4n) is 3.84. The van der Waals surface area contributed by atoms with Crippen LogP contribution < -0.4 is 0 Å². The van der Waals surface area contributed by atoms with Crippen molar-refractivity contribution in [3.63, 3.8) is 0 Å². The van der Waals surface area contributed by atoms with E-state index in [4.69, 9.17) is 16.9 Å². The molecule has 3 nitrogen and oxygen atoms in total. The summed E-state index contributed by atoms with van der Waals surface area (Å²) in [6, 6.07) is 8.37. The first-order valence-electron chi connectivity index (χ1n) is 7.66. The molecule has 2 aromatic rings. The number of nitrogens with zero attached hydrogens (tertiary/aromatic N) is 3. The van der Waals surface area contributed by atoms with Crippen molar-refractivity contribution >= 4 is 22.6 Å². The number of imidazole rings is 1. The molecule has 1 fully saturated rings. The van der Waals surface area contributed by atoms with E-state index in [1.165, 1.54) is 19.3 Å². The Bertz CT molecular complexity index is 698. The molecule has 1 aromatic heterocycles. The molecule has 1 aromatic carbocycles. The summed E-state index contributed by atoms with van der Waals surface area (Å²) in [4.78, 5) is 4.66. The van der Waals surface area contributed by atoms with Gasteiger partial charge in [0.2, 0.25) is 0 Å². The van der Waals surface area contributed by atoms with Gasteiger partial charge in [0.1, 0.15) is 5.82 Å². The molecule has 1 aliphatic rings. The molecule has 0 spiro atoms. The van der Waals surface area contributed by atoms with Crippen molar-refractivity contribution in [1.29, 1.82) is 5.26 Å². The van der Waals surface area contributed by atoms with Crippen LogP contribution in [0.1, 0.15) is 50.5 Å². The molecule has 0 amide bonds. The Morgan fingerprint density at radius 2 is 2.24 bits per heavy atom. The van der Waals surface area contributed by atoms with Gasteiger partial charge in [-0.3, -0.25) is 0 Å². The standard InChI is InChI=1S/C17H20ClN3/c1-3-13-5-7-15(11(13)2)21-16-8-12(10-19)4-6-14(16)20-17(21)9-18/h4,6,8,11,13,15H,3,5,7,9H2,1-2H3. The Morgan fingerprint density at radius 1 is 1.43 bits per heavy atom. The zero-order chi connectivity index (χ0) is 15.0. The molecule has 4 heteroatoms. The lowest BCUT2D eigenvalue weighted by Gasteiger charge is -2.23. The minimum atomic E-state index is 0.413. The van der Waals surface area contributed by atoms with Crippen molar-refractivity contribution in [2.45, 2.75) is 45.0 Å². The van der Waals surface area contributed by atoms with E-state index in [0.717, 1.165) is 22.8 Å². The van der Waals surface area contributed by atoms with E-state index in [1.807, 2.05) is 18.2 Å².